The van der Waals surface area contributed by atoms with Crippen molar-refractivity contribution in [1.29, 1.82) is 0 Å². The lowest BCUT2D eigenvalue weighted by molar-refractivity contribution is 0.0936. The van der Waals surface area contributed by atoms with E-state index in [-0.39, 0.29) is 21.7 Å². The molecule has 1 aromatic heterocycles. The van der Waals surface area contributed by atoms with E-state index in [9.17, 15) is 22.8 Å². The van der Waals surface area contributed by atoms with Crippen molar-refractivity contribution in [3.63, 3.8) is 0 Å². The lowest BCUT2D eigenvalue weighted by Gasteiger charge is -2.18. The summed E-state index contributed by atoms with van der Waals surface area (Å²) < 4.78 is 32.6. The van der Waals surface area contributed by atoms with Crippen LogP contribution in [0.1, 0.15) is 50.1 Å². The van der Waals surface area contributed by atoms with Gasteiger partial charge in [-0.3, -0.25) is 19.6 Å². The van der Waals surface area contributed by atoms with E-state index in [0.717, 1.165) is 36.0 Å². The Hall–Kier alpha value is -3.70. The summed E-state index contributed by atoms with van der Waals surface area (Å²) in [5, 5.41) is 5.30. The Morgan fingerprint density at radius 2 is 1.78 bits per heavy atom. The highest BCUT2D eigenvalue weighted by Crippen LogP contribution is 2.40. The number of amides is 3. The number of ether oxygens (including phenoxy) is 1. The summed E-state index contributed by atoms with van der Waals surface area (Å²) in [6, 6.07) is 12.5. The molecular weight excluding hydrogens is 514 g/mol. The number of thiophene rings is 1. The summed E-state index contributed by atoms with van der Waals surface area (Å²) >= 11 is 1.31. The molecule has 0 saturated carbocycles. The molecular formula is C26H27N3O6S2. The number of alkyl carbamates (subject to hydrolysis) is 1. The van der Waals surface area contributed by atoms with E-state index < -0.39 is 27.9 Å². The van der Waals surface area contributed by atoms with Crippen LogP contribution < -0.4 is 15.4 Å². The topological polar surface area (TPSA) is 131 Å². The van der Waals surface area contributed by atoms with Crippen molar-refractivity contribution in [3.05, 3.63) is 75.7 Å². The summed E-state index contributed by atoms with van der Waals surface area (Å²) in [6.45, 7) is 3.99. The fourth-order valence-electron chi connectivity index (χ4n) is 4.12. The number of hydrogen-bond donors (Lipinski definition) is 3. The van der Waals surface area contributed by atoms with Crippen LogP contribution in [0, 0.1) is 12.8 Å². The maximum atomic E-state index is 13.2. The maximum absolute atomic E-state index is 13.2. The summed E-state index contributed by atoms with van der Waals surface area (Å²) in [5.74, 6) is -0.728. The van der Waals surface area contributed by atoms with Crippen LogP contribution in [0.4, 0.5) is 15.5 Å². The van der Waals surface area contributed by atoms with Gasteiger partial charge < -0.3 is 10.1 Å². The monoisotopic (exact) mass is 541 g/mol. The Balaban J connectivity index is 1.59. The van der Waals surface area contributed by atoms with Crippen molar-refractivity contribution in [2.45, 2.75) is 38.0 Å². The highest BCUT2D eigenvalue weighted by molar-refractivity contribution is 7.92. The molecule has 0 fully saturated rings. The quantitative estimate of drug-likeness (QED) is 0.414. The molecule has 194 valence electrons. The Morgan fingerprint density at radius 1 is 1.05 bits per heavy atom. The Bertz CT molecular complexity index is 1460. The molecule has 0 saturated heterocycles. The van der Waals surface area contributed by atoms with E-state index in [0.29, 0.717) is 17.3 Å². The summed E-state index contributed by atoms with van der Waals surface area (Å²) in [6.07, 6.45) is 1.42. The first-order valence-corrected chi connectivity index (χ1v) is 13.9. The molecule has 1 unspecified atom stereocenters. The first-order chi connectivity index (χ1) is 17.6. The standard InChI is InChI=1S/C26H27N3O6S2/c1-15-7-10-19(11-8-15)37(33,34)29-18-6-4-5-17(14-18)23(30)27-25-22(24(31)28-26(32)35-3)20-12-9-16(2)13-21(20)36-25/h4-8,10-11,14,16,29H,9,12-13H2,1-3H3,(H,27,30)(H,28,31,32). The van der Waals surface area contributed by atoms with Gasteiger partial charge in [-0.25, -0.2) is 13.2 Å². The van der Waals surface area contributed by atoms with Crippen LogP contribution >= 0.6 is 11.3 Å². The van der Waals surface area contributed by atoms with Gasteiger partial charge in [-0.05, 0) is 68.0 Å². The number of rotatable bonds is 6. The van der Waals surface area contributed by atoms with Crippen molar-refractivity contribution in [3.8, 4) is 0 Å². The Morgan fingerprint density at radius 3 is 2.49 bits per heavy atom. The third kappa shape index (κ3) is 6.00. The van der Waals surface area contributed by atoms with Crippen molar-refractivity contribution in [2.24, 2.45) is 5.92 Å². The van der Waals surface area contributed by atoms with Crippen molar-refractivity contribution < 1.29 is 27.5 Å². The Kier molecular flexibility index (Phi) is 7.65. The lowest BCUT2D eigenvalue weighted by atomic mass is 9.88. The molecule has 1 atom stereocenters. The molecule has 3 aromatic rings. The zero-order chi connectivity index (χ0) is 26.7. The molecule has 3 N–H and O–H groups in total. The second kappa shape index (κ2) is 10.7. The number of methoxy groups -OCH3 is 1. The minimum absolute atomic E-state index is 0.104. The van der Waals surface area contributed by atoms with E-state index in [1.165, 1.54) is 29.5 Å². The van der Waals surface area contributed by atoms with Gasteiger partial charge in [-0.2, -0.15) is 0 Å². The van der Waals surface area contributed by atoms with Gasteiger partial charge in [0.15, 0.2) is 0 Å². The minimum Gasteiger partial charge on any atom is -0.453 e. The van der Waals surface area contributed by atoms with Gasteiger partial charge in [0, 0.05) is 16.1 Å². The second-order valence-electron chi connectivity index (χ2n) is 8.96. The molecule has 37 heavy (non-hydrogen) atoms. The molecule has 0 radical (unpaired) electrons. The first kappa shape index (κ1) is 26.4. The van der Waals surface area contributed by atoms with Crippen LogP contribution in [-0.2, 0) is 27.6 Å². The number of imide groups is 1. The molecule has 1 heterocycles. The number of carbonyl (C=O) groups excluding carboxylic acids is 3. The molecule has 0 aliphatic heterocycles. The largest absolute Gasteiger partial charge is 0.453 e. The van der Waals surface area contributed by atoms with E-state index >= 15 is 0 Å². The van der Waals surface area contributed by atoms with Crippen molar-refractivity contribution in [1.82, 2.24) is 5.32 Å². The molecule has 11 heteroatoms. The third-order valence-corrected chi connectivity index (χ3v) is 8.64. The van der Waals surface area contributed by atoms with Crippen LogP contribution in [0.2, 0.25) is 0 Å². The molecule has 9 nitrogen and oxygen atoms in total. The zero-order valence-corrected chi connectivity index (χ0v) is 22.2. The number of benzene rings is 2. The van der Waals surface area contributed by atoms with Crippen molar-refractivity contribution in [2.75, 3.05) is 17.1 Å². The number of anilines is 2. The molecule has 0 spiro atoms. The number of sulfonamides is 1. The minimum atomic E-state index is -3.85. The van der Waals surface area contributed by atoms with Gasteiger partial charge >= 0.3 is 6.09 Å². The number of fused-ring (bicyclic) bond motifs is 1. The van der Waals surface area contributed by atoms with Gasteiger partial charge in [0.2, 0.25) is 0 Å². The van der Waals surface area contributed by atoms with E-state index in [1.54, 1.807) is 30.3 Å². The van der Waals surface area contributed by atoms with Gasteiger partial charge in [0.25, 0.3) is 21.8 Å². The molecule has 0 bridgehead atoms. The Labute approximate surface area is 219 Å². The summed E-state index contributed by atoms with van der Waals surface area (Å²) in [7, 11) is -2.68. The average molecular weight is 542 g/mol. The van der Waals surface area contributed by atoms with Gasteiger partial charge in [0.1, 0.15) is 5.00 Å². The zero-order valence-electron chi connectivity index (χ0n) is 20.6. The predicted molar refractivity (Wildman–Crippen MR) is 142 cm³/mol. The highest BCUT2D eigenvalue weighted by atomic mass is 32.2. The fraction of sp³-hybridized carbons (Fsp3) is 0.269. The SMILES string of the molecule is COC(=O)NC(=O)c1c(NC(=O)c2cccc(NS(=O)(=O)c3ccc(C)cc3)c2)sc2c1CCC(C)C2. The maximum Gasteiger partial charge on any atom is 0.413 e. The van der Waals surface area contributed by atoms with Gasteiger partial charge in [0.05, 0.1) is 17.6 Å². The smallest absolute Gasteiger partial charge is 0.413 e. The number of carbonyl (C=O) groups is 3. The van der Waals surface area contributed by atoms with Crippen molar-refractivity contribution >= 4 is 50.0 Å². The van der Waals surface area contributed by atoms with Crippen LogP contribution in [0.5, 0.6) is 0 Å². The molecule has 2 aromatic carbocycles. The van der Waals surface area contributed by atoms with Crippen LogP contribution in [0.25, 0.3) is 0 Å². The van der Waals surface area contributed by atoms with E-state index in [2.05, 4.69) is 27.0 Å². The first-order valence-electron chi connectivity index (χ1n) is 11.6. The van der Waals surface area contributed by atoms with Gasteiger partial charge in [-0.15, -0.1) is 11.3 Å². The van der Waals surface area contributed by atoms with Crippen LogP contribution in [-0.4, -0.2) is 33.4 Å². The van der Waals surface area contributed by atoms with Gasteiger partial charge in [-0.1, -0.05) is 30.7 Å². The lowest BCUT2D eigenvalue weighted by Crippen LogP contribution is -2.31. The fourth-order valence-corrected chi connectivity index (χ4v) is 6.57. The van der Waals surface area contributed by atoms with Crippen LogP contribution in [0.3, 0.4) is 0 Å². The molecule has 1 aliphatic carbocycles. The van der Waals surface area contributed by atoms with Crippen LogP contribution in [0.15, 0.2) is 53.4 Å². The average Bonchev–Trinajstić information content (AvgIpc) is 3.20. The number of hydrogen-bond acceptors (Lipinski definition) is 7. The van der Waals surface area contributed by atoms with E-state index in [4.69, 9.17) is 0 Å². The molecule has 3 amide bonds. The summed E-state index contributed by atoms with van der Waals surface area (Å²) in [5.41, 5.74) is 2.42. The molecule has 1 aliphatic rings. The normalized spacial score (nSPS) is 14.8. The summed E-state index contributed by atoms with van der Waals surface area (Å²) in [4.78, 5) is 38.8. The second-order valence-corrected chi connectivity index (χ2v) is 11.7. The third-order valence-electron chi connectivity index (χ3n) is 6.08. The highest BCUT2D eigenvalue weighted by Gasteiger charge is 2.29. The number of nitrogens with one attached hydrogen (secondary N) is 3. The van der Waals surface area contributed by atoms with E-state index in [1.807, 2.05) is 6.92 Å². The number of aryl methyl sites for hydroxylation is 1. The predicted octanol–water partition coefficient (Wildman–Crippen LogP) is 4.73. The molecule has 4 rings (SSSR count).